The Labute approximate surface area is 147 Å². The lowest BCUT2D eigenvalue weighted by Gasteiger charge is -2.19. The molecule has 0 bridgehead atoms. The van der Waals surface area contributed by atoms with Crippen molar-refractivity contribution in [1.29, 1.82) is 0 Å². The molecule has 4 rings (SSSR count). The highest BCUT2D eigenvalue weighted by Gasteiger charge is 2.47. The Kier molecular flexibility index (Phi) is 3.98. The Morgan fingerprint density at radius 2 is 1.68 bits per heavy atom. The van der Waals surface area contributed by atoms with Gasteiger partial charge in [-0.1, -0.05) is 22.3 Å². The van der Waals surface area contributed by atoms with Gasteiger partial charge < -0.3 is 14.6 Å². The van der Waals surface area contributed by atoms with Gasteiger partial charge in [0.15, 0.2) is 11.8 Å². The first-order valence-corrected chi connectivity index (χ1v) is 8.93. The van der Waals surface area contributed by atoms with Crippen LogP contribution in [0.15, 0.2) is 23.4 Å². The van der Waals surface area contributed by atoms with Crippen LogP contribution >= 0.6 is 0 Å². The number of oxime groups is 1. The second-order valence-corrected chi connectivity index (χ2v) is 7.31. The second-order valence-electron chi connectivity index (χ2n) is 7.31. The molecule has 2 atom stereocenters. The van der Waals surface area contributed by atoms with E-state index in [1.54, 1.807) is 4.90 Å². The van der Waals surface area contributed by atoms with E-state index in [0.29, 0.717) is 24.4 Å². The summed E-state index contributed by atoms with van der Waals surface area (Å²) in [4.78, 5) is 34.6. The highest BCUT2D eigenvalue weighted by molar-refractivity contribution is 6.40. The van der Waals surface area contributed by atoms with Gasteiger partial charge >= 0.3 is 0 Å². The number of aryl methyl sites for hydroxylation is 2. The smallest absolute Gasteiger partial charge is 0.272 e. The quantitative estimate of drug-likeness (QED) is 0.823. The molecule has 0 aliphatic carbocycles. The highest BCUT2D eigenvalue weighted by atomic mass is 16.6. The van der Waals surface area contributed by atoms with Gasteiger partial charge in [0.05, 0.1) is 12.5 Å². The van der Waals surface area contributed by atoms with Crippen molar-refractivity contribution < 1.29 is 14.4 Å². The topological polar surface area (TPSA) is 62.2 Å². The minimum atomic E-state index is -0.198. The molecule has 0 N–H and O–H groups in total. The number of carbonyl (C=O) groups is 2. The molecule has 2 saturated heterocycles. The summed E-state index contributed by atoms with van der Waals surface area (Å²) in [5.41, 5.74) is 3.33. The summed E-state index contributed by atoms with van der Waals surface area (Å²) in [6.45, 7) is 6.54. The molecule has 6 nitrogen and oxygen atoms in total. The predicted molar refractivity (Wildman–Crippen MR) is 93.4 cm³/mol. The van der Waals surface area contributed by atoms with Crippen LogP contribution < -0.4 is 0 Å². The van der Waals surface area contributed by atoms with Gasteiger partial charge in [0, 0.05) is 25.2 Å². The van der Waals surface area contributed by atoms with Crippen LogP contribution in [-0.4, -0.2) is 59.6 Å². The summed E-state index contributed by atoms with van der Waals surface area (Å²) in [6.07, 6.45) is 1.90. The molecule has 2 amide bonds. The van der Waals surface area contributed by atoms with E-state index >= 15 is 0 Å². The van der Waals surface area contributed by atoms with Gasteiger partial charge in [-0.2, -0.15) is 0 Å². The van der Waals surface area contributed by atoms with Crippen molar-refractivity contribution in [3.8, 4) is 0 Å². The number of nitrogens with zero attached hydrogens (tertiary/aromatic N) is 3. The normalized spacial score (nSPS) is 25.0. The van der Waals surface area contributed by atoms with E-state index in [1.807, 2.05) is 30.9 Å². The van der Waals surface area contributed by atoms with Crippen molar-refractivity contribution in [3.63, 3.8) is 0 Å². The van der Waals surface area contributed by atoms with Gasteiger partial charge in [0.1, 0.15) is 0 Å². The summed E-state index contributed by atoms with van der Waals surface area (Å²) in [5.74, 6) is -0.133. The molecule has 3 heterocycles. The van der Waals surface area contributed by atoms with E-state index in [9.17, 15) is 9.59 Å². The molecule has 3 aliphatic heterocycles. The third-order valence-corrected chi connectivity index (χ3v) is 5.27. The molecule has 2 fully saturated rings. The average Bonchev–Trinajstić information content (AvgIpc) is 3.29. The fourth-order valence-corrected chi connectivity index (χ4v) is 4.06. The van der Waals surface area contributed by atoms with Crippen molar-refractivity contribution in [2.75, 3.05) is 26.2 Å². The molecular weight excluding hydrogens is 318 g/mol. The molecule has 1 aromatic carbocycles. The lowest BCUT2D eigenvalue weighted by molar-refractivity contribution is -0.123. The van der Waals surface area contributed by atoms with Crippen LogP contribution in [0.2, 0.25) is 0 Å². The molecule has 0 unspecified atom stereocenters. The number of fused-ring (bicyclic) bond motifs is 1. The minimum absolute atomic E-state index is 0.00206. The zero-order valence-electron chi connectivity index (χ0n) is 14.7. The number of carbonyl (C=O) groups excluding carboxylic acids is 2. The Bertz CT molecular complexity index is 732. The van der Waals surface area contributed by atoms with Crippen molar-refractivity contribution in [2.45, 2.75) is 32.8 Å². The zero-order chi connectivity index (χ0) is 17.6. The van der Waals surface area contributed by atoms with E-state index < -0.39 is 0 Å². The maximum absolute atomic E-state index is 12.9. The first-order chi connectivity index (χ1) is 12.0. The maximum atomic E-state index is 12.9. The van der Waals surface area contributed by atoms with Crippen LogP contribution in [0, 0.1) is 19.8 Å². The number of hydrogen-bond donors (Lipinski definition) is 0. The SMILES string of the molecule is Cc1cc(C)cc(C(=O)N2C[C@@H]3C(C(=O)N4CCCC4)=NO[C@@H]3C2)c1. The minimum Gasteiger partial charge on any atom is -0.389 e. The summed E-state index contributed by atoms with van der Waals surface area (Å²) in [5, 5.41) is 4.05. The van der Waals surface area contributed by atoms with Crippen LogP contribution in [0.25, 0.3) is 0 Å². The second kappa shape index (κ2) is 6.17. The fourth-order valence-electron chi connectivity index (χ4n) is 4.06. The average molecular weight is 341 g/mol. The van der Waals surface area contributed by atoms with Crippen molar-refractivity contribution in [3.05, 3.63) is 34.9 Å². The van der Waals surface area contributed by atoms with Crippen LogP contribution in [0.4, 0.5) is 0 Å². The molecule has 0 radical (unpaired) electrons. The Balaban J connectivity index is 1.48. The van der Waals surface area contributed by atoms with E-state index in [0.717, 1.165) is 37.1 Å². The highest BCUT2D eigenvalue weighted by Crippen LogP contribution is 2.29. The summed E-state index contributed by atoms with van der Waals surface area (Å²) >= 11 is 0. The first-order valence-electron chi connectivity index (χ1n) is 8.93. The van der Waals surface area contributed by atoms with Gasteiger partial charge in [-0.15, -0.1) is 0 Å². The Morgan fingerprint density at radius 3 is 2.36 bits per heavy atom. The van der Waals surface area contributed by atoms with Gasteiger partial charge in [0.25, 0.3) is 11.8 Å². The number of benzene rings is 1. The number of hydrogen-bond acceptors (Lipinski definition) is 4. The lowest BCUT2D eigenvalue weighted by atomic mass is 10.00. The molecule has 0 saturated carbocycles. The summed E-state index contributed by atoms with van der Waals surface area (Å²) in [6, 6.07) is 5.88. The van der Waals surface area contributed by atoms with Gasteiger partial charge in [-0.05, 0) is 38.8 Å². The molecule has 25 heavy (non-hydrogen) atoms. The molecule has 132 valence electrons. The van der Waals surface area contributed by atoms with E-state index in [2.05, 4.69) is 11.2 Å². The molecule has 6 heteroatoms. The van der Waals surface area contributed by atoms with Crippen molar-refractivity contribution >= 4 is 17.5 Å². The summed E-state index contributed by atoms with van der Waals surface area (Å²) in [7, 11) is 0. The van der Waals surface area contributed by atoms with E-state index in [-0.39, 0.29) is 23.8 Å². The first kappa shape index (κ1) is 16.1. The fraction of sp³-hybridized carbons (Fsp3) is 0.526. The van der Waals surface area contributed by atoms with Crippen LogP contribution in [-0.2, 0) is 9.63 Å². The Hall–Kier alpha value is -2.37. The molecular formula is C19H23N3O3. The summed E-state index contributed by atoms with van der Waals surface area (Å²) < 4.78 is 0. The van der Waals surface area contributed by atoms with E-state index in [1.165, 1.54) is 0 Å². The monoisotopic (exact) mass is 341 g/mol. The number of amides is 2. The predicted octanol–water partition coefficient (Wildman–Crippen LogP) is 1.75. The molecule has 0 spiro atoms. The van der Waals surface area contributed by atoms with Crippen molar-refractivity contribution in [1.82, 2.24) is 9.80 Å². The number of likely N-dealkylation sites (tertiary alicyclic amines) is 2. The standard InChI is InChI=1S/C19H23N3O3/c1-12-7-13(2)9-14(8-12)18(23)22-10-15-16(11-22)25-20-17(15)19(24)21-5-3-4-6-21/h7-9,15-16H,3-6,10-11H2,1-2H3/t15-,16+/m0/s1. The molecule has 0 aromatic heterocycles. The third kappa shape index (κ3) is 2.90. The largest absolute Gasteiger partial charge is 0.389 e. The van der Waals surface area contributed by atoms with Crippen molar-refractivity contribution in [2.24, 2.45) is 11.1 Å². The van der Waals surface area contributed by atoms with Crippen LogP contribution in [0.1, 0.15) is 34.3 Å². The van der Waals surface area contributed by atoms with Gasteiger partial charge in [-0.25, -0.2) is 0 Å². The lowest BCUT2D eigenvalue weighted by Crippen LogP contribution is -2.39. The van der Waals surface area contributed by atoms with Gasteiger partial charge in [0.2, 0.25) is 0 Å². The Morgan fingerprint density at radius 1 is 1.00 bits per heavy atom. The molecule has 1 aromatic rings. The molecule has 3 aliphatic rings. The van der Waals surface area contributed by atoms with Crippen LogP contribution in [0.5, 0.6) is 0 Å². The van der Waals surface area contributed by atoms with Gasteiger partial charge in [-0.3, -0.25) is 9.59 Å². The zero-order valence-corrected chi connectivity index (χ0v) is 14.7. The maximum Gasteiger partial charge on any atom is 0.272 e. The van der Waals surface area contributed by atoms with E-state index in [4.69, 9.17) is 4.84 Å². The third-order valence-electron chi connectivity index (χ3n) is 5.27. The van der Waals surface area contributed by atoms with Crippen LogP contribution in [0.3, 0.4) is 0 Å². The number of rotatable bonds is 2.